The van der Waals surface area contributed by atoms with Gasteiger partial charge >= 0.3 is 5.82 Å². The molecular formula is C14H14N4O6S. The summed E-state index contributed by atoms with van der Waals surface area (Å²) in [5.74, 6) is -1.31. The van der Waals surface area contributed by atoms with Crippen LogP contribution in [-0.2, 0) is 14.8 Å². The van der Waals surface area contributed by atoms with Gasteiger partial charge in [-0.1, -0.05) is 6.07 Å². The zero-order valence-corrected chi connectivity index (χ0v) is 13.8. The first-order valence-corrected chi connectivity index (χ1v) is 8.43. The zero-order valence-electron chi connectivity index (χ0n) is 12.9. The van der Waals surface area contributed by atoms with Gasteiger partial charge in [-0.2, -0.15) is 0 Å². The molecule has 0 saturated carbocycles. The number of nitrogens with two attached hydrogens (primary N) is 1. The highest BCUT2D eigenvalue weighted by Gasteiger charge is 2.22. The molecule has 0 radical (unpaired) electrons. The predicted molar refractivity (Wildman–Crippen MR) is 87.4 cm³/mol. The number of hydrogen-bond acceptors (Lipinski definition) is 7. The highest BCUT2D eigenvalue weighted by molar-refractivity contribution is 7.89. The summed E-state index contributed by atoms with van der Waals surface area (Å²) >= 11 is 0. The monoisotopic (exact) mass is 366 g/mol. The zero-order chi connectivity index (χ0) is 18.6. The number of sulfonamides is 1. The molecule has 1 amide bonds. The van der Waals surface area contributed by atoms with E-state index >= 15 is 0 Å². The van der Waals surface area contributed by atoms with Gasteiger partial charge in [0.1, 0.15) is 6.20 Å². The van der Waals surface area contributed by atoms with Crippen LogP contribution in [0.15, 0.2) is 47.5 Å². The van der Waals surface area contributed by atoms with Gasteiger partial charge in [-0.25, -0.2) is 13.6 Å². The lowest BCUT2D eigenvalue weighted by Crippen LogP contribution is -2.30. The Morgan fingerprint density at radius 2 is 2.08 bits per heavy atom. The number of aromatic nitrogens is 1. The first-order valence-electron chi connectivity index (χ1n) is 6.88. The van der Waals surface area contributed by atoms with Gasteiger partial charge in [0.15, 0.2) is 6.10 Å². The number of nitrogens with zero attached hydrogens (tertiary/aromatic N) is 2. The third-order valence-electron chi connectivity index (χ3n) is 3.03. The summed E-state index contributed by atoms with van der Waals surface area (Å²) in [5, 5.41) is 18.4. The summed E-state index contributed by atoms with van der Waals surface area (Å²) < 4.78 is 27.9. The average molecular weight is 366 g/mol. The minimum absolute atomic E-state index is 0.159. The van der Waals surface area contributed by atoms with E-state index < -0.39 is 32.8 Å². The number of ether oxygens (including phenoxy) is 1. The van der Waals surface area contributed by atoms with Crippen LogP contribution in [0.25, 0.3) is 0 Å². The molecule has 0 saturated heterocycles. The average Bonchev–Trinajstić information content (AvgIpc) is 2.54. The molecule has 1 aromatic heterocycles. The molecule has 1 heterocycles. The van der Waals surface area contributed by atoms with E-state index in [2.05, 4.69) is 10.3 Å². The molecule has 3 N–H and O–H groups in total. The van der Waals surface area contributed by atoms with Crippen molar-refractivity contribution >= 4 is 27.4 Å². The molecule has 0 unspecified atom stereocenters. The molecule has 25 heavy (non-hydrogen) atoms. The lowest BCUT2D eigenvalue weighted by molar-refractivity contribution is -0.390. The number of amides is 1. The summed E-state index contributed by atoms with van der Waals surface area (Å²) in [5.41, 5.74) is 0.188. The standard InChI is InChI=1S/C14H14N4O6S/c1-9(24-12-6-3-7-16-13(12)18(20)21)14(19)17-10-4-2-5-11(8-10)25(15,22)23/h2-9H,1H3,(H,17,19)(H2,15,22,23)/t9-/m1/s1. The largest absolute Gasteiger partial charge is 0.473 e. The van der Waals surface area contributed by atoms with Crippen molar-refractivity contribution in [2.75, 3.05) is 5.32 Å². The minimum Gasteiger partial charge on any atom is -0.473 e. The van der Waals surface area contributed by atoms with Crippen LogP contribution in [0.5, 0.6) is 5.75 Å². The van der Waals surface area contributed by atoms with Crippen molar-refractivity contribution in [3.05, 3.63) is 52.7 Å². The van der Waals surface area contributed by atoms with Crippen molar-refractivity contribution in [2.24, 2.45) is 5.14 Å². The van der Waals surface area contributed by atoms with Gasteiger partial charge in [0.05, 0.1) is 4.90 Å². The number of primary sulfonamides is 1. The van der Waals surface area contributed by atoms with E-state index in [-0.39, 0.29) is 16.3 Å². The van der Waals surface area contributed by atoms with E-state index in [1.807, 2.05) is 0 Å². The number of anilines is 1. The predicted octanol–water partition coefficient (Wildman–Crippen LogP) is 1.04. The highest BCUT2D eigenvalue weighted by atomic mass is 32.2. The van der Waals surface area contributed by atoms with Crippen LogP contribution in [-0.4, -0.2) is 30.3 Å². The maximum absolute atomic E-state index is 12.2. The molecule has 132 valence electrons. The van der Waals surface area contributed by atoms with E-state index in [1.165, 1.54) is 49.5 Å². The van der Waals surface area contributed by atoms with E-state index in [0.29, 0.717) is 0 Å². The molecule has 10 nitrogen and oxygen atoms in total. The smallest absolute Gasteiger partial charge is 0.406 e. The van der Waals surface area contributed by atoms with Gasteiger partial charge in [-0.15, -0.1) is 0 Å². The number of rotatable bonds is 6. The molecule has 0 fully saturated rings. The number of pyridine rings is 1. The SMILES string of the molecule is C[C@@H](Oc1cccnc1[N+](=O)[O-])C(=O)Nc1cccc(S(N)(=O)=O)c1. The van der Waals surface area contributed by atoms with Crippen LogP contribution in [0.4, 0.5) is 11.5 Å². The van der Waals surface area contributed by atoms with Crippen LogP contribution < -0.4 is 15.2 Å². The van der Waals surface area contributed by atoms with Crippen LogP contribution >= 0.6 is 0 Å². The topological polar surface area (TPSA) is 155 Å². The Hall–Kier alpha value is -3.05. The van der Waals surface area contributed by atoms with Crippen molar-refractivity contribution in [3.8, 4) is 5.75 Å². The third kappa shape index (κ3) is 4.71. The van der Waals surface area contributed by atoms with Crippen molar-refractivity contribution in [1.29, 1.82) is 0 Å². The van der Waals surface area contributed by atoms with Crippen molar-refractivity contribution in [1.82, 2.24) is 4.98 Å². The molecular weight excluding hydrogens is 352 g/mol. The van der Waals surface area contributed by atoms with Crippen LogP contribution in [0.2, 0.25) is 0 Å². The van der Waals surface area contributed by atoms with Crippen molar-refractivity contribution in [2.45, 2.75) is 17.9 Å². The number of benzene rings is 1. The summed E-state index contributed by atoms with van der Waals surface area (Å²) in [6.45, 7) is 1.38. The number of nitro groups is 1. The molecule has 0 aliphatic carbocycles. The van der Waals surface area contributed by atoms with Crippen LogP contribution in [0.3, 0.4) is 0 Å². The fourth-order valence-corrected chi connectivity index (χ4v) is 2.41. The van der Waals surface area contributed by atoms with Gasteiger partial charge in [-0.05, 0) is 47.2 Å². The second kappa shape index (κ2) is 7.23. The molecule has 1 atom stereocenters. The normalized spacial score (nSPS) is 12.2. The first-order chi connectivity index (χ1) is 11.7. The van der Waals surface area contributed by atoms with Gasteiger partial charge in [0.2, 0.25) is 15.8 Å². The Labute approximate surface area is 142 Å². The highest BCUT2D eigenvalue weighted by Crippen LogP contribution is 2.24. The molecule has 0 aliphatic heterocycles. The molecule has 11 heteroatoms. The molecule has 2 aromatic rings. The van der Waals surface area contributed by atoms with Crippen molar-refractivity contribution in [3.63, 3.8) is 0 Å². The third-order valence-corrected chi connectivity index (χ3v) is 3.94. The van der Waals surface area contributed by atoms with Crippen LogP contribution in [0, 0.1) is 10.1 Å². The fourth-order valence-electron chi connectivity index (χ4n) is 1.85. The maximum Gasteiger partial charge on any atom is 0.406 e. The number of carbonyl (C=O) groups excluding carboxylic acids is 1. The maximum atomic E-state index is 12.2. The van der Waals surface area contributed by atoms with E-state index in [0.717, 1.165) is 0 Å². The Bertz CT molecular complexity index is 915. The minimum atomic E-state index is -3.91. The number of hydrogen-bond donors (Lipinski definition) is 2. The molecule has 0 aliphatic rings. The Kier molecular flexibility index (Phi) is 5.29. The molecule has 2 rings (SSSR count). The number of nitrogens with one attached hydrogen (secondary N) is 1. The first kappa shape index (κ1) is 18.3. The summed E-state index contributed by atoms with van der Waals surface area (Å²) in [4.78, 5) is 25.7. The molecule has 1 aromatic carbocycles. The van der Waals surface area contributed by atoms with Gasteiger partial charge < -0.3 is 20.2 Å². The van der Waals surface area contributed by atoms with E-state index in [9.17, 15) is 23.3 Å². The van der Waals surface area contributed by atoms with E-state index in [4.69, 9.17) is 9.88 Å². The lowest BCUT2D eigenvalue weighted by atomic mass is 10.3. The van der Waals surface area contributed by atoms with Gasteiger partial charge in [-0.3, -0.25) is 4.79 Å². The summed E-state index contributed by atoms with van der Waals surface area (Å²) in [6.07, 6.45) is 0.134. The Morgan fingerprint density at radius 1 is 1.36 bits per heavy atom. The van der Waals surface area contributed by atoms with Crippen molar-refractivity contribution < 1.29 is 22.9 Å². The Balaban J connectivity index is 2.13. The Morgan fingerprint density at radius 3 is 2.72 bits per heavy atom. The summed E-state index contributed by atoms with van der Waals surface area (Å²) in [6, 6.07) is 8.09. The van der Waals surface area contributed by atoms with Gasteiger partial charge in [0.25, 0.3) is 5.91 Å². The number of carbonyl (C=O) groups is 1. The molecule has 0 spiro atoms. The van der Waals surface area contributed by atoms with Gasteiger partial charge in [0, 0.05) is 5.69 Å². The fraction of sp³-hybridized carbons (Fsp3) is 0.143. The lowest BCUT2D eigenvalue weighted by Gasteiger charge is -2.14. The quantitative estimate of drug-likeness (QED) is 0.571. The van der Waals surface area contributed by atoms with Crippen LogP contribution in [0.1, 0.15) is 6.92 Å². The second-order valence-electron chi connectivity index (χ2n) is 4.90. The summed E-state index contributed by atoms with van der Waals surface area (Å²) in [7, 11) is -3.91. The second-order valence-corrected chi connectivity index (χ2v) is 6.47. The van der Waals surface area contributed by atoms with E-state index in [1.54, 1.807) is 0 Å². The molecule has 0 bridgehead atoms.